The molecule has 25 heavy (non-hydrogen) atoms. The van der Waals surface area contributed by atoms with E-state index in [0.717, 1.165) is 12.0 Å². The molecule has 3 heteroatoms. The summed E-state index contributed by atoms with van der Waals surface area (Å²) in [4.78, 5) is 5.45. The Labute approximate surface area is 157 Å². The molecule has 0 radical (unpaired) electrons. The van der Waals surface area contributed by atoms with Crippen LogP contribution in [0.25, 0.3) is 0 Å². The summed E-state index contributed by atoms with van der Waals surface area (Å²) in [5.74, 6) is 0.806. The van der Waals surface area contributed by atoms with E-state index in [2.05, 4.69) is 58.3 Å². The number of hydrogen-bond acceptors (Lipinski definition) is 2. The van der Waals surface area contributed by atoms with Crippen LogP contribution in [0.1, 0.15) is 32.1 Å². The Balaban J connectivity index is 1.49. The number of rotatable bonds is 2. The van der Waals surface area contributed by atoms with Crippen LogP contribution in [0.15, 0.2) is 48.5 Å². The van der Waals surface area contributed by atoms with Crippen LogP contribution in [-0.4, -0.2) is 45.5 Å². The summed E-state index contributed by atoms with van der Waals surface area (Å²) in [5, 5.41) is 0. The average molecular weight is 397 g/mol. The van der Waals surface area contributed by atoms with Gasteiger partial charge in [0.1, 0.15) is 0 Å². The topological polar surface area (TPSA) is 6.48 Å². The number of para-hydroxylation sites is 2. The third kappa shape index (κ3) is 2.93. The molecule has 5 rings (SSSR count). The van der Waals surface area contributed by atoms with E-state index in [4.69, 9.17) is 0 Å². The van der Waals surface area contributed by atoms with Gasteiger partial charge in [0.25, 0.3) is 0 Å². The first kappa shape index (κ1) is 15.9. The fraction of sp³-hybridized carbons (Fsp3) is 0.455. The van der Waals surface area contributed by atoms with Crippen molar-refractivity contribution in [2.75, 3.05) is 24.5 Å². The van der Waals surface area contributed by atoms with Crippen LogP contribution in [0.2, 0.25) is 0 Å². The maximum absolute atomic E-state index is 2.80. The van der Waals surface area contributed by atoms with Crippen molar-refractivity contribution in [3.63, 3.8) is 0 Å². The van der Waals surface area contributed by atoms with E-state index in [1.165, 1.54) is 63.1 Å². The van der Waals surface area contributed by atoms with Gasteiger partial charge in [-0.15, -0.1) is 0 Å². The van der Waals surface area contributed by atoms with Crippen LogP contribution < -0.4 is 13.8 Å². The van der Waals surface area contributed by atoms with Gasteiger partial charge in [-0.3, -0.25) is 0 Å². The zero-order chi connectivity index (χ0) is 16.6. The first-order valence-corrected chi connectivity index (χ1v) is 11.5. The molecule has 2 aromatic rings. The van der Waals surface area contributed by atoms with Crippen LogP contribution >= 0.6 is 0 Å². The molecule has 2 aromatic carbocycles. The van der Waals surface area contributed by atoms with Crippen molar-refractivity contribution in [1.82, 2.24) is 4.90 Å². The van der Waals surface area contributed by atoms with Crippen molar-refractivity contribution in [1.29, 1.82) is 0 Å². The van der Waals surface area contributed by atoms with Gasteiger partial charge in [0.05, 0.1) is 0 Å². The van der Waals surface area contributed by atoms with Crippen LogP contribution in [-0.2, 0) is 0 Å². The summed E-state index contributed by atoms with van der Waals surface area (Å²) in [6, 6.07) is 19.0. The number of fused-ring (bicyclic) bond motifs is 3. The molecule has 0 spiro atoms. The number of benzene rings is 2. The van der Waals surface area contributed by atoms with Gasteiger partial charge < -0.3 is 0 Å². The molecule has 0 aromatic heterocycles. The van der Waals surface area contributed by atoms with E-state index >= 15 is 0 Å². The van der Waals surface area contributed by atoms with Gasteiger partial charge in [-0.25, -0.2) is 0 Å². The van der Waals surface area contributed by atoms with Gasteiger partial charge >= 0.3 is 157 Å². The SMILES string of the molecule is c1ccc2c(c1)[Se]c1ccccc1N2CC1CCCN2CCCCC12. The fourth-order valence-electron chi connectivity index (χ4n) is 5.00. The molecule has 0 saturated carbocycles. The van der Waals surface area contributed by atoms with Crippen molar-refractivity contribution in [2.24, 2.45) is 5.92 Å². The summed E-state index contributed by atoms with van der Waals surface area (Å²) >= 11 is 0.438. The number of anilines is 2. The normalized spacial score (nSPS) is 25.8. The molecule has 2 fully saturated rings. The minimum absolute atomic E-state index is 0.438. The van der Waals surface area contributed by atoms with Gasteiger partial charge in [-0.1, -0.05) is 0 Å². The molecule has 3 heterocycles. The maximum atomic E-state index is 2.80. The van der Waals surface area contributed by atoms with Gasteiger partial charge in [0, 0.05) is 0 Å². The summed E-state index contributed by atoms with van der Waals surface area (Å²) in [7, 11) is 0. The molecular formula is C22H26N2Se. The Morgan fingerprint density at radius 1 is 0.800 bits per heavy atom. The van der Waals surface area contributed by atoms with E-state index in [0.29, 0.717) is 15.0 Å². The van der Waals surface area contributed by atoms with Gasteiger partial charge in [-0.05, 0) is 0 Å². The number of piperidine rings is 2. The third-order valence-corrected chi connectivity index (χ3v) is 8.55. The Morgan fingerprint density at radius 3 is 2.24 bits per heavy atom. The van der Waals surface area contributed by atoms with Crippen molar-refractivity contribution in [3.05, 3.63) is 48.5 Å². The second kappa shape index (κ2) is 6.79. The van der Waals surface area contributed by atoms with Gasteiger partial charge in [0.15, 0.2) is 0 Å². The van der Waals surface area contributed by atoms with Crippen LogP contribution in [0.4, 0.5) is 11.4 Å². The minimum atomic E-state index is 0.438. The van der Waals surface area contributed by atoms with E-state index in [1.54, 1.807) is 8.92 Å². The number of hydrogen-bond donors (Lipinski definition) is 0. The Bertz CT molecular complexity index is 712. The standard InChI is InChI=1S/C22H26N2Se/c1-3-12-21-19(10-1)24(20-11-2-4-13-22(20)25-21)16-17-8-7-15-23-14-6-5-9-18(17)23/h1-4,10-13,17-18H,5-9,14-16H2. The van der Waals surface area contributed by atoms with Crippen LogP contribution in [0.3, 0.4) is 0 Å². The first-order chi connectivity index (χ1) is 12.4. The van der Waals surface area contributed by atoms with E-state index < -0.39 is 0 Å². The molecule has 3 aliphatic rings. The van der Waals surface area contributed by atoms with Crippen molar-refractivity contribution in [3.8, 4) is 0 Å². The first-order valence-electron chi connectivity index (χ1n) is 9.78. The summed E-state index contributed by atoms with van der Waals surface area (Å²) in [6.45, 7) is 3.85. The molecule has 2 nitrogen and oxygen atoms in total. The summed E-state index contributed by atoms with van der Waals surface area (Å²) in [6.07, 6.45) is 7.01. The van der Waals surface area contributed by atoms with Crippen LogP contribution in [0, 0.1) is 5.92 Å². The Morgan fingerprint density at radius 2 is 1.48 bits per heavy atom. The molecule has 0 amide bonds. The van der Waals surface area contributed by atoms with E-state index in [-0.39, 0.29) is 0 Å². The molecule has 0 bridgehead atoms. The Hall–Kier alpha value is -1.28. The molecule has 2 unspecified atom stereocenters. The second-order valence-corrected chi connectivity index (χ2v) is 9.92. The summed E-state index contributed by atoms with van der Waals surface area (Å²) < 4.78 is 3.09. The van der Waals surface area contributed by atoms with Gasteiger partial charge in [-0.2, -0.15) is 0 Å². The fourth-order valence-corrected chi connectivity index (χ4v) is 7.30. The summed E-state index contributed by atoms with van der Waals surface area (Å²) in [5.41, 5.74) is 2.93. The third-order valence-electron chi connectivity index (χ3n) is 6.18. The molecule has 2 saturated heterocycles. The molecular weight excluding hydrogens is 371 g/mol. The van der Waals surface area contributed by atoms with Crippen molar-refractivity contribution in [2.45, 2.75) is 38.1 Å². The zero-order valence-electron chi connectivity index (χ0n) is 14.7. The molecule has 3 aliphatic heterocycles. The van der Waals surface area contributed by atoms with Crippen molar-refractivity contribution < 1.29 is 0 Å². The van der Waals surface area contributed by atoms with Crippen molar-refractivity contribution >= 4 is 35.3 Å². The van der Waals surface area contributed by atoms with E-state index in [1.807, 2.05) is 0 Å². The number of nitrogens with zero attached hydrogens (tertiary/aromatic N) is 2. The molecule has 0 N–H and O–H groups in total. The van der Waals surface area contributed by atoms with Crippen LogP contribution in [0.5, 0.6) is 0 Å². The van der Waals surface area contributed by atoms with E-state index in [9.17, 15) is 0 Å². The predicted molar refractivity (Wildman–Crippen MR) is 107 cm³/mol. The average Bonchev–Trinajstić information content (AvgIpc) is 2.68. The molecule has 2 atom stereocenters. The Kier molecular flexibility index (Phi) is 4.33. The zero-order valence-corrected chi connectivity index (χ0v) is 16.4. The molecule has 130 valence electrons. The quantitative estimate of drug-likeness (QED) is 0.719. The second-order valence-electron chi connectivity index (χ2n) is 7.65. The molecule has 0 aliphatic carbocycles. The predicted octanol–water partition coefficient (Wildman–Crippen LogP) is 3.06. The monoisotopic (exact) mass is 398 g/mol. The van der Waals surface area contributed by atoms with Gasteiger partial charge in [0.2, 0.25) is 0 Å².